The molecule has 0 saturated heterocycles. The van der Waals surface area contributed by atoms with Crippen molar-refractivity contribution < 1.29 is 0 Å². The Hall–Kier alpha value is -2.76. The molecule has 4 aromatic rings. The van der Waals surface area contributed by atoms with Gasteiger partial charge in [-0.3, -0.25) is 4.98 Å². The Morgan fingerprint density at radius 1 is 0.552 bits per heavy atom. The van der Waals surface area contributed by atoms with Crippen LogP contribution in [-0.2, 0) is 12.8 Å². The molecule has 0 bridgehead atoms. The third-order valence-electron chi connectivity index (χ3n) is 6.00. The van der Waals surface area contributed by atoms with Gasteiger partial charge in [-0.05, 0) is 62.1 Å². The van der Waals surface area contributed by atoms with Gasteiger partial charge in [0.25, 0.3) is 0 Å². The molecule has 0 aliphatic heterocycles. The van der Waals surface area contributed by atoms with E-state index in [4.69, 9.17) is 4.98 Å². The van der Waals surface area contributed by atoms with E-state index >= 15 is 0 Å². The number of hydrogen-bond donors (Lipinski definition) is 0. The molecule has 0 amide bonds. The van der Waals surface area contributed by atoms with Crippen LogP contribution in [0.25, 0.3) is 0 Å². The fourth-order valence-electron chi connectivity index (χ4n) is 4.74. The first-order valence-electron chi connectivity index (χ1n) is 10.4. The molecule has 0 spiro atoms. The Morgan fingerprint density at radius 2 is 1.03 bits per heavy atom. The van der Waals surface area contributed by atoms with Gasteiger partial charge in [0.15, 0.2) is 0 Å². The Bertz CT molecular complexity index is 995. The van der Waals surface area contributed by atoms with Gasteiger partial charge in [0, 0.05) is 23.5 Å². The van der Waals surface area contributed by atoms with Crippen molar-refractivity contribution in [3.63, 3.8) is 0 Å². The first-order chi connectivity index (χ1) is 14.4. The standard InChI is InChI=1S/C27H25NP/c1-4-12-22(13-5-1)29(23-14-6-2-7-15-23,24-16-8-3-9-17-24)27-20-21-28-26-19-11-10-18-25(26)27/h1-9,12-17,20-21H,10-11,18-19H2/q+1. The van der Waals surface area contributed by atoms with Gasteiger partial charge in [-0.15, -0.1) is 0 Å². The number of benzene rings is 3. The van der Waals surface area contributed by atoms with Crippen LogP contribution >= 0.6 is 7.26 Å². The molecule has 0 fully saturated rings. The number of rotatable bonds is 4. The number of aryl methyl sites for hydroxylation is 1. The summed E-state index contributed by atoms with van der Waals surface area (Å²) < 4.78 is 0. The third-order valence-corrected chi connectivity index (χ3v) is 10.4. The molecule has 0 saturated carbocycles. The molecule has 29 heavy (non-hydrogen) atoms. The second-order valence-electron chi connectivity index (χ2n) is 7.64. The van der Waals surface area contributed by atoms with E-state index in [2.05, 4.69) is 97.1 Å². The Labute approximate surface area is 173 Å². The number of aromatic nitrogens is 1. The topological polar surface area (TPSA) is 12.9 Å². The fraction of sp³-hybridized carbons (Fsp3) is 0.148. The first-order valence-corrected chi connectivity index (χ1v) is 12.2. The average Bonchev–Trinajstić information content (AvgIpc) is 2.82. The van der Waals surface area contributed by atoms with Crippen LogP contribution in [0.5, 0.6) is 0 Å². The van der Waals surface area contributed by atoms with Gasteiger partial charge in [0.1, 0.15) is 28.5 Å². The molecule has 1 aliphatic carbocycles. The summed E-state index contributed by atoms with van der Waals surface area (Å²) in [4.78, 5) is 4.79. The summed E-state index contributed by atoms with van der Waals surface area (Å²) >= 11 is 0. The second-order valence-corrected chi connectivity index (χ2v) is 11.0. The Balaban J connectivity index is 1.92. The summed E-state index contributed by atoms with van der Waals surface area (Å²) in [6.45, 7) is 0. The minimum Gasteiger partial charge on any atom is -0.261 e. The number of nitrogens with zero attached hydrogens (tertiary/aromatic N) is 1. The maximum Gasteiger partial charge on any atom is 0.144 e. The van der Waals surface area contributed by atoms with Crippen LogP contribution in [0.2, 0.25) is 0 Å². The highest BCUT2D eigenvalue weighted by Crippen LogP contribution is 2.55. The minimum absolute atomic E-state index is 1.10. The van der Waals surface area contributed by atoms with E-state index in [0.29, 0.717) is 0 Å². The lowest BCUT2D eigenvalue weighted by atomic mass is 9.96. The number of hydrogen-bond acceptors (Lipinski definition) is 1. The zero-order valence-corrected chi connectivity index (χ0v) is 17.4. The molecule has 1 aromatic heterocycles. The molecule has 3 aromatic carbocycles. The SMILES string of the molecule is c1ccc([P+](c2ccccc2)(c2ccccc2)c2ccnc3c2CCCC3)cc1. The lowest BCUT2D eigenvalue weighted by Gasteiger charge is -2.30. The summed E-state index contributed by atoms with van der Waals surface area (Å²) in [5.74, 6) is 0. The third kappa shape index (κ3) is 3.11. The fourth-order valence-corrected chi connectivity index (χ4v) is 9.26. The van der Waals surface area contributed by atoms with E-state index in [1.165, 1.54) is 45.3 Å². The molecule has 0 atom stereocenters. The van der Waals surface area contributed by atoms with Crippen molar-refractivity contribution in [2.75, 3.05) is 0 Å². The van der Waals surface area contributed by atoms with E-state index in [-0.39, 0.29) is 0 Å². The molecule has 142 valence electrons. The highest BCUT2D eigenvalue weighted by Gasteiger charge is 2.49. The quantitative estimate of drug-likeness (QED) is 0.462. The summed E-state index contributed by atoms with van der Waals surface area (Å²) in [6.07, 6.45) is 6.78. The lowest BCUT2D eigenvalue weighted by Crippen LogP contribution is -2.40. The average molecular weight is 394 g/mol. The zero-order chi connectivity index (χ0) is 19.5. The molecule has 5 rings (SSSR count). The van der Waals surface area contributed by atoms with E-state index < -0.39 is 7.26 Å². The molecule has 0 N–H and O–H groups in total. The van der Waals surface area contributed by atoms with Crippen molar-refractivity contribution in [2.45, 2.75) is 25.7 Å². The van der Waals surface area contributed by atoms with Crippen molar-refractivity contribution in [1.29, 1.82) is 0 Å². The Kier molecular flexibility index (Phi) is 5.00. The molecule has 0 radical (unpaired) electrons. The molecule has 2 heteroatoms. The van der Waals surface area contributed by atoms with Gasteiger partial charge in [0.05, 0.1) is 0 Å². The number of fused-ring (bicyclic) bond motifs is 1. The van der Waals surface area contributed by atoms with E-state index in [1.54, 1.807) is 0 Å². The lowest BCUT2D eigenvalue weighted by molar-refractivity contribution is 0.671. The van der Waals surface area contributed by atoms with Crippen LogP contribution in [-0.4, -0.2) is 4.98 Å². The van der Waals surface area contributed by atoms with Gasteiger partial charge in [-0.2, -0.15) is 0 Å². The predicted molar refractivity (Wildman–Crippen MR) is 126 cm³/mol. The molecule has 0 unspecified atom stereocenters. The maximum absolute atomic E-state index is 4.79. The summed E-state index contributed by atoms with van der Waals surface area (Å²) in [5, 5.41) is 5.73. The van der Waals surface area contributed by atoms with Crippen molar-refractivity contribution in [3.8, 4) is 0 Å². The minimum atomic E-state index is -2.01. The van der Waals surface area contributed by atoms with Crippen LogP contribution in [0.15, 0.2) is 103 Å². The van der Waals surface area contributed by atoms with Crippen LogP contribution in [0.4, 0.5) is 0 Å². The smallest absolute Gasteiger partial charge is 0.144 e. The van der Waals surface area contributed by atoms with Crippen LogP contribution in [0.3, 0.4) is 0 Å². The largest absolute Gasteiger partial charge is 0.261 e. The van der Waals surface area contributed by atoms with Crippen LogP contribution in [0.1, 0.15) is 24.1 Å². The molecule has 1 nitrogen and oxygen atoms in total. The summed E-state index contributed by atoms with van der Waals surface area (Å²) in [5.41, 5.74) is 2.80. The normalized spacial score (nSPS) is 13.7. The molecular weight excluding hydrogens is 369 g/mol. The van der Waals surface area contributed by atoms with Crippen LogP contribution < -0.4 is 21.2 Å². The van der Waals surface area contributed by atoms with E-state index in [0.717, 1.165) is 12.8 Å². The first kappa shape index (κ1) is 18.3. The van der Waals surface area contributed by atoms with Gasteiger partial charge in [-0.25, -0.2) is 0 Å². The van der Waals surface area contributed by atoms with Gasteiger partial charge < -0.3 is 0 Å². The molecular formula is C27H25NP+. The van der Waals surface area contributed by atoms with Crippen LogP contribution in [0, 0.1) is 0 Å². The zero-order valence-electron chi connectivity index (χ0n) is 16.5. The van der Waals surface area contributed by atoms with Gasteiger partial charge in [0.2, 0.25) is 0 Å². The summed E-state index contributed by atoms with van der Waals surface area (Å²) in [7, 11) is -2.01. The van der Waals surface area contributed by atoms with Crippen molar-refractivity contribution >= 4 is 28.5 Å². The molecule has 1 heterocycles. The monoisotopic (exact) mass is 394 g/mol. The predicted octanol–water partition coefficient (Wildman–Crippen LogP) is 4.58. The van der Waals surface area contributed by atoms with Gasteiger partial charge in [-0.1, -0.05) is 54.6 Å². The van der Waals surface area contributed by atoms with Crippen molar-refractivity contribution in [3.05, 3.63) is 115 Å². The molecule has 1 aliphatic rings. The maximum atomic E-state index is 4.79. The van der Waals surface area contributed by atoms with E-state index in [9.17, 15) is 0 Å². The highest BCUT2D eigenvalue weighted by atomic mass is 31.2. The van der Waals surface area contributed by atoms with Gasteiger partial charge >= 0.3 is 0 Å². The van der Waals surface area contributed by atoms with Crippen molar-refractivity contribution in [2.24, 2.45) is 0 Å². The number of pyridine rings is 1. The van der Waals surface area contributed by atoms with Crippen molar-refractivity contribution in [1.82, 2.24) is 4.98 Å². The second kappa shape index (κ2) is 7.93. The summed E-state index contributed by atoms with van der Waals surface area (Å²) in [6, 6.07) is 35.7. The highest BCUT2D eigenvalue weighted by molar-refractivity contribution is 8.01. The Morgan fingerprint density at radius 3 is 1.55 bits per heavy atom. The van der Waals surface area contributed by atoms with E-state index in [1.807, 2.05) is 6.20 Å².